The molecule has 3 N–H and O–H groups in total. The molecular weight excluding hydrogens is 506 g/mol. The van der Waals surface area contributed by atoms with Gasteiger partial charge in [-0.05, 0) is 60.7 Å². The summed E-state index contributed by atoms with van der Waals surface area (Å²) in [6.07, 6.45) is 1.34. The molecule has 0 unspecified atom stereocenters. The van der Waals surface area contributed by atoms with E-state index in [1.54, 1.807) is 24.3 Å². The average Bonchev–Trinajstić information content (AvgIpc) is 3.45. The molecule has 0 fully saturated rings. The summed E-state index contributed by atoms with van der Waals surface area (Å²) in [6, 6.07) is 21.8. The molecule has 1 aliphatic rings. The minimum absolute atomic E-state index is 0.0769. The standard InChI is InChI=1S/C32H39N3O5/c1-3-15-35(16-4-2)32(38)26-12-8-11-25(19-26)31(37)34-27(17-23-9-6-5-7-10-23)28(36)21-33-20-24-13-14-29-30(18-24)40-22-39-29/h5-14,18-19,27-28,33,36H,3-4,15-17,20-22H2,1-2H3,(H,34,37)/t27-,28+/m0/s1. The fourth-order valence-corrected chi connectivity index (χ4v) is 4.79. The molecule has 0 aromatic heterocycles. The van der Waals surface area contributed by atoms with Gasteiger partial charge >= 0.3 is 0 Å². The number of hydrogen-bond acceptors (Lipinski definition) is 6. The number of fused-ring (bicyclic) bond motifs is 1. The number of benzene rings is 3. The molecular formula is C32H39N3O5. The predicted molar refractivity (Wildman–Crippen MR) is 155 cm³/mol. The van der Waals surface area contributed by atoms with Gasteiger partial charge in [0.05, 0.1) is 12.1 Å². The van der Waals surface area contributed by atoms with Crippen LogP contribution in [-0.4, -0.2) is 60.4 Å². The van der Waals surface area contributed by atoms with Crippen LogP contribution in [0, 0.1) is 0 Å². The molecule has 0 saturated heterocycles. The first-order valence-corrected chi connectivity index (χ1v) is 14.0. The lowest BCUT2D eigenvalue weighted by Gasteiger charge is -2.25. The third-order valence-corrected chi connectivity index (χ3v) is 6.84. The quantitative estimate of drug-likeness (QED) is 0.281. The normalized spacial score (nSPS) is 13.5. The molecule has 2 amide bonds. The van der Waals surface area contributed by atoms with Crippen LogP contribution in [0.1, 0.15) is 58.5 Å². The highest BCUT2D eigenvalue weighted by Gasteiger charge is 2.24. The van der Waals surface area contributed by atoms with E-state index in [-0.39, 0.29) is 25.2 Å². The largest absolute Gasteiger partial charge is 0.454 e. The van der Waals surface area contributed by atoms with Crippen molar-refractivity contribution < 1.29 is 24.2 Å². The number of nitrogens with zero attached hydrogens (tertiary/aromatic N) is 1. The van der Waals surface area contributed by atoms with Crippen molar-refractivity contribution >= 4 is 11.8 Å². The Morgan fingerprint density at radius 3 is 2.35 bits per heavy atom. The van der Waals surface area contributed by atoms with Crippen molar-refractivity contribution in [3.63, 3.8) is 0 Å². The first-order chi connectivity index (χ1) is 19.5. The fourth-order valence-electron chi connectivity index (χ4n) is 4.79. The molecule has 0 bridgehead atoms. The molecule has 40 heavy (non-hydrogen) atoms. The zero-order chi connectivity index (χ0) is 28.3. The SMILES string of the molecule is CCCN(CCC)C(=O)c1cccc(C(=O)N[C@@H](Cc2ccccc2)[C@H](O)CNCc2ccc3c(c2)OCO3)c1. The highest BCUT2D eigenvalue weighted by atomic mass is 16.7. The van der Waals surface area contributed by atoms with E-state index in [2.05, 4.69) is 10.6 Å². The van der Waals surface area contributed by atoms with Crippen LogP contribution < -0.4 is 20.1 Å². The number of ether oxygens (including phenoxy) is 2. The van der Waals surface area contributed by atoms with E-state index in [9.17, 15) is 14.7 Å². The summed E-state index contributed by atoms with van der Waals surface area (Å²) in [6.45, 7) is 6.45. The second-order valence-electron chi connectivity index (χ2n) is 10.0. The third kappa shape index (κ3) is 7.83. The number of amides is 2. The van der Waals surface area contributed by atoms with Crippen LogP contribution in [0.2, 0.25) is 0 Å². The molecule has 8 nitrogen and oxygen atoms in total. The Hall–Kier alpha value is -3.88. The molecule has 1 aliphatic heterocycles. The fraction of sp³-hybridized carbons (Fsp3) is 0.375. The Morgan fingerprint density at radius 2 is 1.60 bits per heavy atom. The van der Waals surface area contributed by atoms with Gasteiger partial charge in [-0.2, -0.15) is 0 Å². The smallest absolute Gasteiger partial charge is 0.253 e. The number of nitrogens with one attached hydrogen (secondary N) is 2. The molecule has 0 spiro atoms. The molecule has 0 radical (unpaired) electrons. The zero-order valence-electron chi connectivity index (χ0n) is 23.3. The maximum absolute atomic E-state index is 13.4. The van der Waals surface area contributed by atoms with E-state index in [0.29, 0.717) is 42.9 Å². The van der Waals surface area contributed by atoms with E-state index >= 15 is 0 Å². The zero-order valence-corrected chi connectivity index (χ0v) is 23.3. The van der Waals surface area contributed by atoms with Crippen LogP contribution >= 0.6 is 0 Å². The van der Waals surface area contributed by atoms with E-state index < -0.39 is 12.1 Å². The van der Waals surface area contributed by atoms with Crippen molar-refractivity contribution in [2.24, 2.45) is 0 Å². The molecule has 8 heteroatoms. The summed E-state index contributed by atoms with van der Waals surface area (Å²) in [5.74, 6) is 1.03. The van der Waals surface area contributed by atoms with Gasteiger partial charge in [-0.3, -0.25) is 9.59 Å². The summed E-state index contributed by atoms with van der Waals surface area (Å²) >= 11 is 0. The number of carbonyl (C=O) groups is 2. The van der Waals surface area contributed by atoms with Gasteiger partial charge in [0, 0.05) is 37.3 Å². The van der Waals surface area contributed by atoms with Crippen LogP contribution in [-0.2, 0) is 13.0 Å². The van der Waals surface area contributed by atoms with Crippen LogP contribution in [0.5, 0.6) is 11.5 Å². The number of hydrogen-bond donors (Lipinski definition) is 3. The predicted octanol–water partition coefficient (Wildman–Crippen LogP) is 4.17. The first kappa shape index (κ1) is 29.1. The van der Waals surface area contributed by atoms with Crippen LogP contribution in [0.15, 0.2) is 72.8 Å². The van der Waals surface area contributed by atoms with Crippen molar-refractivity contribution in [2.75, 3.05) is 26.4 Å². The maximum Gasteiger partial charge on any atom is 0.253 e. The number of rotatable bonds is 14. The lowest BCUT2D eigenvalue weighted by Crippen LogP contribution is -2.48. The molecule has 3 aromatic rings. The van der Waals surface area contributed by atoms with Gasteiger partial charge in [0.25, 0.3) is 11.8 Å². The van der Waals surface area contributed by atoms with Crippen molar-refractivity contribution in [2.45, 2.75) is 51.8 Å². The van der Waals surface area contributed by atoms with Crippen LogP contribution in [0.3, 0.4) is 0 Å². The van der Waals surface area contributed by atoms with Gasteiger partial charge < -0.3 is 30.1 Å². The summed E-state index contributed by atoms with van der Waals surface area (Å²) in [7, 11) is 0. The summed E-state index contributed by atoms with van der Waals surface area (Å²) < 4.78 is 10.8. The molecule has 0 saturated carbocycles. The Kier molecular flexibility index (Phi) is 10.5. The van der Waals surface area contributed by atoms with Gasteiger partial charge in [-0.1, -0.05) is 56.3 Å². The van der Waals surface area contributed by atoms with E-state index in [4.69, 9.17) is 9.47 Å². The average molecular weight is 546 g/mol. The molecule has 2 atom stereocenters. The number of aliphatic hydroxyl groups is 1. The third-order valence-electron chi connectivity index (χ3n) is 6.84. The number of aliphatic hydroxyl groups excluding tert-OH is 1. The van der Waals surface area contributed by atoms with Gasteiger partial charge in [0.15, 0.2) is 11.5 Å². The second kappa shape index (κ2) is 14.5. The maximum atomic E-state index is 13.4. The highest BCUT2D eigenvalue weighted by molar-refractivity contribution is 5.99. The highest BCUT2D eigenvalue weighted by Crippen LogP contribution is 2.32. The van der Waals surface area contributed by atoms with Gasteiger partial charge in [0.1, 0.15) is 0 Å². The molecule has 0 aliphatic carbocycles. The summed E-state index contributed by atoms with van der Waals surface area (Å²) in [5, 5.41) is 17.5. The lowest BCUT2D eigenvalue weighted by molar-refractivity contribution is 0.0755. The van der Waals surface area contributed by atoms with Crippen LogP contribution in [0.4, 0.5) is 0 Å². The first-order valence-electron chi connectivity index (χ1n) is 14.0. The topological polar surface area (TPSA) is 100 Å². The minimum atomic E-state index is -0.854. The van der Waals surface area contributed by atoms with Crippen molar-refractivity contribution in [3.8, 4) is 11.5 Å². The van der Waals surface area contributed by atoms with E-state index in [1.165, 1.54) is 0 Å². The summed E-state index contributed by atoms with van der Waals surface area (Å²) in [4.78, 5) is 28.3. The van der Waals surface area contributed by atoms with Crippen molar-refractivity contribution in [1.82, 2.24) is 15.5 Å². The lowest BCUT2D eigenvalue weighted by atomic mass is 10.00. The molecule has 4 rings (SSSR count). The molecule has 212 valence electrons. The Bertz CT molecular complexity index is 1260. The van der Waals surface area contributed by atoms with Crippen molar-refractivity contribution in [1.29, 1.82) is 0 Å². The summed E-state index contributed by atoms with van der Waals surface area (Å²) in [5.41, 5.74) is 2.88. The number of carbonyl (C=O) groups excluding carboxylic acids is 2. The Morgan fingerprint density at radius 1 is 0.875 bits per heavy atom. The van der Waals surface area contributed by atoms with Gasteiger partial charge in [0.2, 0.25) is 6.79 Å². The van der Waals surface area contributed by atoms with E-state index in [1.807, 2.05) is 67.3 Å². The van der Waals surface area contributed by atoms with Crippen molar-refractivity contribution in [3.05, 3.63) is 95.1 Å². The molecule has 3 aromatic carbocycles. The minimum Gasteiger partial charge on any atom is -0.454 e. The van der Waals surface area contributed by atoms with Crippen LogP contribution in [0.25, 0.3) is 0 Å². The van der Waals surface area contributed by atoms with E-state index in [0.717, 1.165) is 29.7 Å². The van der Waals surface area contributed by atoms with Gasteiger partial charge in [-0.15, -0.1) is 0 Å². The monoisotopic (exact) mass is 545 g/mol. The van der Waals surface area contributed by atoms with Gasteiger partial charge in [-0.25, -0.2) is 0 Å². The Balaban J connectivity index is 1.43. The second-order valence-corrected chi connectivity index (χ2v) is 10.0. The Labute approximate surface area is 236 Å². The molecule has 1 heterocycles.